The number of amides is 2. The number of hydrogen-bond acceptors (Lipinski definition) is 5. The van der Waals surface area contributed by atoms with E-state index in [4.69, 9.17) is 4.74 Å². The molecule has 3 heterocycles. The van der Waals surface area contributed by atoms with Gasteiger partial charge in [-0.1, -0.05) is 0 Å². The summed E-state index contributed by atoms with van der Waals surface area (Å²) in [6, 6.07) is -0.243. The lowest BCUT2D eigenvalue weighted by Gasteiger charge is -2.08. The van der Waals surface area contributed by atoms with Gasteiger partial charge in [-0.15, -0.1) is 11.3 Å². The van der Waals surface area contributed by atoms with Crippen molar-refractivity contribution in [3.05, 3.63) is 28.5 Å². The number of nitrogens with zero attached hydrogens (tertiary/aromatic N) is 3. The molecule has 1 aliphatic carbocycles. The summed E-state index contributed by atoms with van der Waals surface area (Å²) in [4.78, 5) is 16.5. The predicted molar refractivity (Wildman–Crippen MR) is 91.1 cm³/mol. The standard InChI is InChI=1S/C16H21N5O2S/c22-16(17-6-13-10-24-15(19-13)11-3-4-11)20-12-7-18-21(8-12)9-14-2-1-5-23-14/h7-8,10-11,14H,1-6,9H2,(H2,17,20,22). The number of anilines is 1. The summed E-state index contributed by atoms with van der Waals surface area (Å²) < 4.78 is 7.40. The minimum Gasteiger partial charge on any atom is -0.376 e. The maximum absolute atomic E-state index is 12.0. The van der Waals surface area contributed by atoms with Gasteiger partial charge in [-0.05, 0) is 25.7 Å². The van der Waals surface area contributed by atoms with Gasteiger partial charge in [0, 0.05) is 24.1 Å². The van der Waals surface area contributed by atoms with E-state index in [9.17, 15) is 4.79 Å². The Labute approximate surface area is 144 Å². The largest absolute Gasteiger partial charge is 0.376 e. The topological polar surface area (TPSA) is 81.1 Å². The van der Waals surface area contributed by atoms with Gasteiger partial charge in [-0.25, -0.2) is 9.78 Å². The Bertz CT molecular complexity index is 703. The number of carbonyl (C=O) groups excluding carboxylic acids is 1. The molecule has 2 aromatic heterocycles. The van der Waals surface area contributed by atoms with Crippen molar-refractivity contribution in [2.75, 3.05) is 11.9 Å². The fraction of sp³-hybridized carbons (Fsp3) is 0.562. The van der Waals surface area contributed by atoms with Crippen LogP contribution in [0.4, 0.5) is 10.5 Å². The Balaban J connectivity index is 1.23. The Kier molecular flexibility index (Phi) is 4.48. The highest BCUT2D eigenvalue weighted by molar-refractivity contribution is 7.09. The zero-order chi connectivity index (χ0) is 16.4. The number of hydrogen-bond donors (Lipinski definition) is 2. The molecule has 0 spiro atoms. The predicted octanol–water partition coefficient (Wildman–Crippen LogP) is 2.72. The molecule has 24 heavy (non-hydrogen) atoms. The SMILES string of the molecule is O=C(NCc1csc(C2CC2)n1)Nc1cnn(CC2CCCO2)c1. The highest BCUT2D eigenvalue weighted by Crippen LogP contribution is 2.41. The Morgan fingerprint density at radius 1 is 1.42 bits per heavy atom. The van der Waals surface area contributed by atoms with Gasteiger partial charge in [0.1, 0.15) is 0 Å². The van der Waals surface area contributed by atoms with E-state index in [0.717, 1.165) is 31.7 Å². The summed E-state index contributed by atoms with van der Waals surface area (Å²) in [7, 11) is 0. The first-order valence-corrected chi connectivity index (χ1v) is 9.27. The highest BCUT2D eigenvalue weighted by atomic mass is 32.1. The van der Waals surface area contributed by atoms with Crippen molar-refractivity contribution in [3.63, 3.8) is 0 Å². The van der Waals surface area contributed by atoms with Crippen molar-refractivity contribution in [1.82, 2.24) is 20.1 Å². The van der Waals surface area contributed by atoms with Gasteiger partial charge in [0.25, 0.3) is 0 Å². The van der Waals surface area contributed by atoms with Crippen molar-refractivity contribution in [1.29, 1.82) is 0 Å². The summed E-state index contributed by atoms with van der Waals surface area (Å²) in [6.45, 7) is 2.00. The van der Waals surface area contributed by atoms with Gasteiger partial charge in [-0.2, -0.15) is 5.10 Å². The number of ether oxygens (including phenoxy) is 1. The summed E-state index contributed by atoms with van der Waals surface area (Å²) in [6.07, 6.45) is 8.39. The van der Waals surface area contributed by atoms with Crippen molar-refractivity contribution in [2.24, 2.45) is 0 Å². The number of rotatable bonds is 6. The number of nitrogens with one attached hydrogen (secondary N) is 2. The molecule has 4 rings (SSSR count). The second kappa shape index (κ2) is 6.90. The molecule has 1 saturated heterocycles. The lowest BCUT2D eigenvalue weighted by Crippen LogP contribution is -2.28. The van der Waals surface area contributed by atoms with Crippen LogP contribution in [-0.4, -0.2) is 33.5 Å². The normalized spacial score (nSPS) is 20.2. The Morgan fingerprint density at radius 2 is 2.33 bits per heavy atom. The molecule has 128 valence electrons. The van der Waals surface area contributed by atoms with Crippen molar-refractivity contribution in [2.45, 2.75) is 50.8 Å². The van der Waals surface area contributed by atoms with E-state index in [1.165, 1.54) is 17.8 Å². The first-order chi connectivity index (χ1) is 11.8. The molecule has 2 fully saturated rings. The first kappa shape index (κ1) is 15.6. The van der Waals surface area contributed by atoms with Gasteiger partial charge >= 0.3 is 6.03 Å². The van der Waals surface area contributed by atoms with Crippen molar-refractivity contribution in [3.8, 4) is 0 Å². The van der Waals surface area contributed by atoms with E-state index in [2.05, 4.69) is 20.7 Å². The molecule has 0 radical (unpaired) electrons. The fourth-order valence-electron chi connectivity index (χ4n) is 2.79. The molecule has 1 saturated carbocycles. The smallest absolute Gasteiger partial charge is 0.319 e. The molecule has 1 unspecified atom stereocenters. The lowest BCUT2D eigenvalue weighted by molar-refractivity contribution is 0.0940. The third-order valence-electron chi connectivity index (χ3n) is 4.23. The lowest BCUT2D eigenvalue weighted by atomic mass is 10.2. The second-order valence-corrected chi connectivity index (χ2v) is 7.23. The van der Waals surface area contributed by atoms with Crippen molar-refractivity contribution < 1.29 is 9.53 Å². The minimum atomic E-state index is -0.243. The monoisotopic (exact) mass is 347 g/mol. The van der Waals surface area contributed by atoms with Crippen LogP contribution in [0, 0.1) is 0 Å². The van der Waals surface area contributed by atoms with Crippen LogP contribution in [0.2, 0.25) is 0 Å². The van der Waals surface area contributed by atoms with Gasteiger partial charge in [-0.3, -0.25) is 4.68 Å². The molecular formula is C16H21N5O2S. The molecule has 0 aromatic carbocycles. The van der Waals surface area contributed by atoms with E-state index >= 15 is 0 Å². The summed E-state index contributed by atoms with van der Waals surface area (Å²) in [5, 5.41) is 13.1. The van der Waals surface area contributed by atoms with Crippen LogP contribution in [0.15, 0.2) is 17.8 Å². The third-order valence-corrected chi connectivity index (χ3v) is 5.29. The van der Waals surface area contributed by atoms with Crippen LogP contribution in [-0.2, 0) is 17.8 Å². The van der Waals surface area contributed by atoms with Crippen LogP contribution in [0.1, 0.15) is 42.3 Å². The molecule has 2 N–H and O–H groups in total. The summed E-state index contributed by atoms with van der Waals surface area (Å²) in [5.41, 5.74) is 1.61. The molecule has 2 aromatic rings. The second-order valence-electron chi connectivity index (χ2n) is 6.35. The van der Waals surface area contributed by atoms with Crippen LogP contribution < -0.4 is 10.6 Å². The maximum Gasteiger partial charge on any atom is 0.319 e. The van der Waals surface area contributed by atoms with Crippen LogP contribution >= 0.6 is 11.3 Å². The molecule has 8 heteroatoms. The Morgan fingerprint density at radius 3 is 3.12 bits per heavy atom. The molecule has 2 amide bonds. The molecule has 7 nitrogen and oxygen atoms in total. The average molecular weight is 347 g/mol. The molecule has 1 atom stereocenters. The van der Waals surface area contributed by atoms with E-state index in [1.807, 2.05) is 16.3 Å². The van der Waals surface area contributed by atoms with E-state index in [0.29, 0.717) is 18.2 Å². The van der Waals surface area contributed by atoms with Gasteiger partial charge < -0.3 is 15.4 Å². The fourth-order valence-corrected chi connectivity index (χ4v) is 3.78. The average Bonchev–Trinajstić information content (AvgIpc) is 2.98. The van der Waals surface area contributed by atoms with E-state index in [-0.39, 0.29) is 12.1 Å². The van der Waals surface area contributed by atoms with Crippen LogP contribution in [0.25, 0.3) is 0 Å². The zero-order valence-electron chi connectivity index (χ0n) is 13.4. The highest BCUT2D eigenvalue weighted by Gasteiger charge is 2.26. The summed E-state index contributed by atoms with van der Waals surface area (Å²) >= 11 is 1.69. The first-order valence-electron chi connectivity index (χ1n) is 8.39. The summed E-state index contributed by atoms with van der Waals surface area (Å²) in [5.74, 6) is 0.660. The maximum atomic E-state index is 12.0. The number of urea groups is 1. The quantitative estimate of drug-likeness (QED) is 0.842. The van der Waals surface area contributed by atoms with Gasteiger partial charge in [0.15, 0.2) is 0 Å². The van der Waals surface area contributed by atoms with Crippen LogP contribution in [0.3, 0.4) is 0 Å². The molecule has 2 aliphatic rings. The van der Waals surface area contributed by atoms with Crippen LogP contribution in [0.5, 0.6) is 0 Å². The zero-order valence-corrected chi connectivity index (χ0v) is 14.2. The van der Waals surface area contributed by atoms with E-state index in [1.54, 1.807) is 17.5 Å². The molecular weight excluding hydrogens is 326 g/mol. The van der Waals surface area contributed by atoms with E-state index < -0.39 is 0 Å². The molecule has 0 bridgehead atoms. The minimum absolute atomic E-state index is 0.233. The van der Waals surface area contributed by atoms with Crippen molar-refractivity contribution >= 4 is 23.1 Å². The number of aromatic nitrogens is 3. The number of carbonyl (C=O) groups is 1. The Hall–Kier alpha value is -1.93. The third kappa shape index (κ3) is 3.93. The van der Waals surface area contributed by atoms with Gasteiger partial charge in [0.05, 0.1) is 41.8 Å². The molecule has 1 aliphatic heterocycles. The van der Waals surface area contributed by atoms with Gasteiger partial charge in [0.2, 0.25) is 0 Å². The number of thiazole rings is 1.